The Labute approximate surface area is 216 Å². The molecule has 2 N–H and O–H groups in total. The van der Waals surface area contributed by atoms with Crippen LogP contribution in [-0.4, -0.2) is 26.9 Å². The van der Waals surface area contributed by atoms with Gasteiger partial charge < -0.3 is 14.8 Å². The number of carbonyl (C=O) groups excluding carboxylic acids is 1. The number of fused-ring (bicyclic) bond motifs is 1. The number of carbonyl (C=O) groups is 1. The monoisotopic (exact) mass is 574 g/mol. The molecule has 194 valence electrons. The molecule has 14 heteroatoms. The number of sulfonamides is 1. The van der Waals surface area contributed by atoms with Crippen molar-refractivity contribution in [2.24, 2.45) is 0 Å². The van der Waals surface area contributed by atoms with Gasteiger partial charge in [0, 0.05) is 33.2 Å². The number of amides is 1. The number of nitrogens with one attached hydrogen (secondary N) is 2. The molecule has 0 aliphatic heterocycles. The number of hydrogen-bond acceptors (Lipinski definition) is 6. The Morgan fingerprint density at radius 1 is 0.973 bits per heavy atom. The van der Waals surface area contributed by atoms with Crippen LogP contribution in [0.15, 0.2) is 60.7 Å². The average molecular weight is 575 g/mol. The summed E-state index contributed by atoms with van der Waals surface area (Å²) >= 11 is 7.28. The molecule has 7 nitrogen and oxygen atoms in total. The van der Waals surface area contributed by atoms with Crippen LogP contribution in [0.4, 0.5) is 28.9 Å². The SMILES string of the molecule is CS(=O)(=O)Nc1ccc2sc(C(=O)Nc3cc(Cl)cc(Oc4ccc(F)c(OC(F)(F)F)c4)c3)cc2c1. The Morgan fingerprint density at radius 2 is 1.73 bits per heavy atom. The van der Waals surface area contributed by atoms with Crippen LogP contribution in [0, 0.1) is 5.82 Å². The van der Waals surface area contributed by atoms with Crippen molar-refractivity contribution < 1.29 is 40.2 Å². The van der Waals surface area contributed by atoms with Crippen LogP contribution in [0.3, 0.4) is 0 Å². The lowest BCUT2D eigenvalue weighted by Gasteiger charge is -2.13. The Bertz CT molecular complexity index is 1610. The molecular weight excluding hydrogens is 560 g/mol. The van der Waals surface area contributed by atoms with E-state index >= 15 is 0 Å². The highest BCUT2D eigenvalue weighted by atomic mass is 35.5. The van der Waals surface area contributed by atoms with Gasteiger partial charge in [-0.25, -0.2) is 12.8 Å². The molecular formula is C23H15ClF4N2O5S2. The molecule has 0 bridgehead atoms. The highest BCUT2D eigenvalue weighted by molar-refractivity contribution is 7.92. The molecule has 0 atom stereocenters. The molecule has 1 aromatic heterocycles. The van der Waals surface area contributed by atoms with Gasteiger partial charge in [0.15, 0.2) is 11.6 Å². The van der Waals surface area contributed by atoms with Gasteiger partial charge in [-0.3, -0.25) is 9.52 Å². The number of thiophene rings is 1. The van der Waals surface area contributed by atoms with E-state index in [1.54, 1.807) is 24.3 Å². The Morgan fingerprint density at radius 3 is 2.43 bits per heavy atom. The predicted molar refractivity (Wildman–Crippen MR) is 133 cm³/mol. The zero-order chi connectivity index (χ0) is 27.0. The minimum atomic E-state index is -5.09. The summed E-state index contributed by atoms with van der Waals surface area (Å²) in [6, 6.07) is 13.2. The van der Waals surface area contributed by atoms with Gasteiger partial charge in [-0.15, -0.1) is 24.5 Å². The first kappa shape index (κ1) is 26.5. The third-order valence-electron chi connectivity index (χ3n) is 4.54. The minimum Gasteiger partial charge on any atom is -0.457 e. The summed E-state index contributed by atoms with van der Waals surface area (Å²) < 4.78 is 86.3. The summed E-state index contributed by atoms with van der Waals surface area (Å²) in [5.74, 6) is -2.90. The van der Waals surface area contributed by atoms with E-state index in [4.69, 9.17) is 16.3 Å². The second-order valence-electron chi connectivity index (χ2n) is 7.61. The fourth-order valence-electron chi connectivity index (χ4n) is 3.21. The number of rotatable bonds is 7. The molecule has 4 rings (SSSR count). The molecule has 0 saturated carbocycles. The fraction of sp³-hybridized carbons (Fsp3) is 0.0870. The maximum Gasteiger partial charge on any atom is 0.573 e. The third kappa shape index (κ3) is 7.24. The summed E-state index contributed by atoms with van der Waals surface area (Å²) in [4.78, 5) is 13.2. The molecule has 0 aliphatic carbocycles. The van der Waals surface area contributed by atoms with Crippen LogP contribution in [0.1, 0.15) is 9.67 Å². The number of alkyl halides is 3. The third-order valence-corrected chi connectivity index (χ3v) is 6.48. The summed E-state index contributed by atoms with van der Waals surface area (Å²) in [6.07, 6.45) is -4.07. The fourth-order valence-corrected chi connectivity index (χ4v) is 4.92. The van der Waals surface area contributed by atoms with E-state index in [9.17, 15) is 30.8 Å². The first-order valence-electron chi connectivity index (χ1n) is 10.1. The molecule has 0 saturated heterocycles. The lowest BCUT2D eigenvalue weighted by Crippen LogP contribution is -2.17. The maximum absolute atomic E-state index is 13.7. The molecule has 0 fully saturated rings. The quantitative estimate of drug-likeness (QED) is 0.232. The molecule has 37 heavy (non-hydrogen) atoms. The number of ether oxygens (including phenoxy) is 2. The van der Waals surface area contributed by atoms with Crippen LogP contribution in [-0.2, 0) is 10.0 Å². The molecule has 0 spiro atoms. The summed E-state index contributed by atoms with van der Waals surface area (Å²) in [5, 5.41) is 3.45. The van der Waals surface area contributed by atoms with Crippen molar-refractivity contribution in [3.05, 3.63) is 76.4 Å². The molecule has 4 aromatic rings. The highest BCUT2D eigenvalue weighted by Gasteiger charge is 2.32. The summed E-state index contributed by atoms with van der Waals surface area (Å²) in [5.41, 5.74) is 0.569. The van der Waals surface area contributed by atoms with Gasteiger partial charge in [-0.1, -0.05) is 11.6 Å². The van der Waals surface area contributed by atoms with Crippen molar-refractivity contribution in [1.82, 2.24) is 0 Å². The van der Waals surface area contributed by atoms with Crippen LogP contribution in [0.5, 0.6) is 17.2 Å². The van der Waals surface area contributed by atoms with E-state index in [1.165, 1.54) is 29.5 Å². The van der Waals surface area contributed by atoms with Crippen molar-refractivity contribution in [1.29, 1.82) is 0 Å². The van der Waals surface area contributed by atoms with Crippen molar-refractivity contribution in [2.75, 3.05) is 16.3 Å². The smallest absolute Gasteiger partial charge is 0.457 e. The van der Waals surface area contributed by atoms with E-state index in [-0.39, 0.29) is 22.2 Å². The lowest BCUT2D eigenvalue weighted by molar-refractivity contribution is -0.275. The standard InChI is InChI=1S/C23H15ClF4N2O5S2/c1-37(32,33)30-14-2-5-20-12(6-14)7-21(36-20)22(31)29-15-8-13(24)9-17(10-15)34-16-3-4-18(25)19(11-16)35-23(26,27)28/h2-11,30H,1H3,(H,29,31). The van der Waals surface area contributed by atoms with Gasteiger partial charge in [0.1, 0.15) is 11.5 Å². The number of hydrogen-bond donors (Lipinski definition) is 2. The maximum atomic E-state index is 13.7. The van der Waals surface area contributed by atoms with Gasteiger partial charge in [0.25, 0.3) is 5.91 Å². The molecule has 0 unspecified atom stereocenters. The zero-order valence-corrected chi connectivity index (χ0v) is 20.9. The van der Waals surface area contributed by atoms with Gasteiger partial charge in [0.2, 0.25) is 10.0 Å². The number of anilines is 2. The Hall–Kier alpha value is -3.55. The second-order valence-corrected chi connectivity index (χ2v) is 10.9. The first-order valence-corrected chi connectivity index (χ1v) is 13.2. The average Bonchev–Trinajstić information content (AvgIpc) is 3.17. The van der Waals surface area contributed by atoms with Gasteiger partial charge in [-0.05, 0) is 53.9 Å². The van der Waals surface area contributed by atoms with E-state index in [1.807, 2.05) is 0 Å². The van der Waals surface area contributed by atoms with Gasteiger partial charge in [-0.2, -0.15) is 0 Å². The van der Waals surface area contributed by atoms with E-state index in [0.717, 1.165) is 29.2 Å². The molecule has 1 amide bonds. The van der Waals surface area contributed by atoms with Crippen molar-refractivity contribution in [3.8, 4) is 17.2 Å². The highest BCUT2D eigenvalue weighted by Crippen LogP contribution is 2.34. The van der Waals surface area contributed by atoms with Crippen molar-refractivity contribution >= 4 is 60.3 Å². The Kier molecular flexibility index (Phi) is 7.22. The largest absolute Gasteiger partial charge is 0.573 e. The number of halogens is 5. The summed E-state index contributed by atoms with van der Waals surface area (Å²) in [6.45, 7) is 0. The van der Waals surface area contributed by atoms with Gasteiger partial charge in [0.05, 0.1) is 11.1 Å². The molecule has 1 heterocycles. The van der Waals surface area contributed by atoms with Crippen LogP contribution in [0.2, 0.25) is 5.02 Å². The van der Waals surface area contributed by atoms with Gasteiger partial charge >= 0.3 is 6.36 Å². The van der Waals surface area contributed by atoms with E-state index in [0.29, 0.717) is 16.0 Å². The van der Waals surface area contributed by atoms with Crippen molar-refractivity contribution in [2.45, 2.75) is 6.36 Å². The zero-order valence-electron chi connectivity index (χ0n) is 18.5. The molecule has 0 radical (unpaired) electrons. The topological polar surface area (TPSA) is 93.7 Å². The van der Waals surface area contributed by atoms with Crippen LogP contribution in [0.25, 0.3) is 10.1 Å². The van der Waals surface area contributed by atoms with Crippen molar-refractivity contribution in [3.63, 3.8) is 0 Å². The van der Waals surface area contributed by atoms with Crippen LogP contribution < -0.4 is 19.5 Å². The normalized spacial score (nSPS) is 11.8. The van der Waals surface area contributed by atoms with Crippen LogP contribution >= 0.6 is 22.9 Å². The van der Waals surface area contributed by atoms with E-state index in [2.05, 4.69) is 14.8 Å². The van der Waals surface area contributed by atoms with E-state index < -0.39 is 33.9 Å². The minimum absolute atomic E-state index is 0.0557. The summed E-state index contributed by atoms with van der Waals surface area (Å²) in [7, 11) is -3.47. The molecule has 3 aromatic carbocycles. The number of benzene rings is 3. The first-order chi connectivity index (χ1) is 17.2. The Balaban J connectivity index is 1.52. The second kappa shape index (κ2) is 10.1. The molecule has 0 aliphatic rings. The lowest BCUT2D eigenvalue weighted by atomic mass is 10.2. The predicted octanol–water partition coefficient (Wildman–Crippen LogP) is 7.01.